The molecule has 3 aromatic heterocycles. The number of H-pyrrole nitrogens is 1. The highest BCUT2D eigenvalue weighted by Gasteiger charge is 2.14. The standard InChI is InChI=1S/C18H16N6OS/c25-17-15-16(22-10-9-21-15)23-18(26-12-14-19-7-8-20-14)24(17)11-6-13-4-2-1-3-5-13/h1-5,7-10H,6,11-12H2,(H,19,20). The Balaban J connectivity index is 1.68. The van der Waals surface area contributed by atoms with Gasteiger partial charge in [0.05, 0.1) is 5.75 Å². The van der Waals surface area contributed by atoms with Crippen molar-refractivity contribution >= 4 is 22.9 Å². The molecule has 3 heterocycles. The Bertz CT molecular complexity index is 1060. The van der Waals surface area contributed by atoms with Crippen LogP contribution in [-0.2, 0) is 18.7 Å². The van der Waals surface area contributed by atoms with Gasteiger partial charge in [-0.15, -0.1) is 0 Å². The van der Waals surface area contributed by atoms with Gasteiger partial charge in [0.25, 0.3) is 5.56 Å². The lowest BCUT2D eigenvalue weighted by Gasteiger charge is -2.12. The number of benzene rings is 1. The van der Waals surface area contributed by atoms with E-state index in [1.807, 2.05) is 18.2 Å². The maximum absolute atomic E-state index is 12.9. The molecule has 26 heavy (non-hydrogen) atoms. The number of fused-ring (bicyclic) bond motifs is 1. The molecule has 130 valence electrons. The summed E-state index contributed by atoms with van der Waals surface area (Å²) in [6.07, 6.45) is 7.28. The number of rotatable bonds is 6. The van der Waals surface area contributed by atoms with E-state index in [0.717, 1.165) is 12.2 Å². The van der Waals surface area contributed by atoms with E-state index in [1.165, 1.54) is 23.5 Å². The summed E-state index contributed by atoms with van der Waals surface area (Å²) in [5, 5.41) is 0.621. The molecule has 0 aliphatic rings. The lowest BCUT2D eigenvalue weighted by Crippen LogP contribution is -2.25. The molecule has 4 aromatic rings. The zero-order chi connectivity index (χ0) is 17.8. The number of aromatic amines is 1. The minimum Gasteiger partial charge on any atom is -0.348 e. The Morgan fingerprint density at radius 3 is 2.69 bits per heavy atom. The van der Waals surface area contributed by atoms with Crippen LogP contribution in [0.25, 0.3) is 11.2 Å². The molecule has 0 aliphatic carbocycles. The smallest absolute Gasteiger partial charge is 0.282 e. The molecule has 0 saturated heterocycles. The Morgan fingerprint density at radius 2 is 1.88 bits per heavy atom. The number of thioether (sulfide) groups is 1. The van der Waals surface area contributed by atoms with E-state index in [-0.39, 0.29) is 5.56 Å². The molecule has 0 aliphatic heterocycles. The number of aromatic nitrogens is 6. The molecule has 0 unspecified atom stereocenters. The fourth-order valence-electron chi connectivity index (χ4n) is 2.63. The third-order valence-electron chi connectivity index (χ3n) is 3.92. The first-order chi connectivity index (χ1) is 12.8. The highest BCUT2D eigenvalue weighted by molar-refractivity contribution is 7.98. The first-order valence-electron chi connectivity index (χ1n) is 8.18. The number of nitrogens with zero attached hydrogens (tertiary/aromatic N) is 5. The van der Waals surface area contributed by atoms with Crippen LogP contribution in [0.4, 0.5) is 0 Å². The van der Waals surface area contributed by atoms with Crippen molar-refractivity contribution < 1.29 is 0 Å². The van der Waals surface area contributed by atoms with Crippen LogP contribution in [0, 0.1) is 0 Å². The number of hydrogen-bond donors (Lipinski definition) is 1. The van der Waals surface area contributed by atoms with Crippen LogP contribution >= 0.6 is 11.8 Å². The zero-order valence-electron chi connectivity index (χ0n) is 13.9. The quantitative estimate of drug-likeness (QED) is 0.417. The van der Waals surface area contributed by atoms with Crippen molar-refractivity contribution in [3.05, 3.63) is 76.9 Å². The number of imidazole rings is 1. The second-order valence-electron chi connectivity index (χ2n) is 5.64. The van der Waals surface area contributed by atoms with E-state index in [2.05, 4.69) is 37.1 Å². The van der Waals surface area contributed by atoms with Crippen molar-refractivity contribution in [3.63, 3.8) is 0 Å². The van der Waals surface area contributed by atoms with Crippen LogP contribution in [0.1, 0.15) is 11.4 Å². The van der Waals surface area contributed by atoms with Gasteiger partial charge in [0.2, 0.25) is 0 Å². The SMILES string of the molecule is O=c1c2nccnc2nc(SCc2ncc[nH]2)n1CCc1ccccc1. The molecular weight excluding hydrogens is 348 g/mol. The maximum atomic E-state index is 12.9. The van der Waals surface area contributed by atoms with Crippen LogP contribution in [-0.4, -0.2) is 29.5 Å². The van der Waals surface area contributed by atoms with Crippen molar-refractivity contribution in [1.29, 1.82) is 0 Å². The van der Waals surface area contributed by atoms with E-state index >= 15 is 0 Å². The second-order valence-corrected chi connectivity index (χ2v) is 6.58. The van der Waals surface area contributed by atoms with Crippen molar-refractivity contribution in [2.45, 2.75) is 23.9 Å². The summed E-state index contributed by atoms with van der Waals surface area (Å²) < 4.78 is 1.68. The topological polar surface area (TPSA) is 89.3 Å². The summed E-state index contributed by atoms with van der Waals surface area (Å²) in [5.41, 5.74) is 1.67. The van der Waals surface area contributed by atoms with E-state index in [9.17, 15) is 4.79 Å². The fourth-order valence-corrected chi connectivity index (χ4v) is 3.54. The van der Waals surface area contributed by atoms with E-state index in [4.69, 9.17) is 0 Å². The predicted octanol–water partition coefficient (Wildman–Crippen LogP) is 2.44. The number of hydrogen-bond acceptors (Lipinski definition) is 6. The zero-order valence-corrected chi connectivity index (χ0v) is 14.7. The molecule has 0 fully saturated rings. The molecule has 0 bridgehead atoms. The molecule has 8 heteroatoms. The van der Waals surface area contributed by atoms with Crippen LogP contribution < -0.4 is 5.56 Å². The van der Waals surface area contributed by atoms with Gasteiger partial charge in [-0.25, -0.2) is 19.9 Å². The Kier molecular flexibility index (Phi) is 4.74. The monoisotopic (exact) mass is 364 g/mol. The molecule has 1 N–H and O–H groups in total. The van der Waals surface area contributed by atoms with Crippen LogP contribution in [0.5, 0.6) is 0 Å². The molecule has 0 saturated carbocycles. The van der Waals surface area contributed by atoms with Gasteiger partial charge in [0.15, 0.2) is 16.3 Å². The minimum atomic E-state index is -0.166. The summed E-state index contributed by atoms with van der Waals surface area (Å²) >= 11 is 1.46. The van der Waals surface area contributed by atoms with Gasteiger partial charge in [-0.2, -0.15) is 0 Å². The maximum Gasteiger partial charge on any atom is 0.282 e. The third-order valence-corrected chi connectivity index (χ3v) is 4.91. The van der Waals surface area contributed by atoms with Crippen molar-refractivity contribution in [2.75, 3.05) is 0 Å². The highest BCUT2D eigenvalue weighted by Crippen LogP contribution is 2.20. The molecule has 0 radical (unpaired) electrons. The summed E-state index contributed by atoms with van der Waals surface area (Å²) in [6.45, 7) is 0.531. The van der Waals surface area contributed by atoms with Crippen molar-refractivity contribution in [1.82, 2.24) is 29.5 Å². The van der Waals surface area contributed by atoms with Gasteiger partial charge >= 0.3 is 0 Å². The van der Waals surface area contributed by atoms with E-state index < -0.39 is 0 Å². The van der Waals surface area contributed by atoms with Crippen LogP contribution in [0.3, 0.4) is 0 Å². The molecule has 0 amide bonds. The van der Waals surface area contributed by atoms with E-state index in [1.54, 1.807) is 23.2 Å². The average molecular weight is 364 g/mol. The predicted molar refractivity (Wildman–Crippen MR) is 99.9 cm³/mol. The molecule has 0 spiro atoms. The molecular formula is C18H16N6OS. The Morgan fingerprint density at radius 1 is 1.04 bits per heavy atom. The van der Waals surface area contributed by atoms with Crippen molar-refractivity contribution in [2.24, 2.45) is 0 Å². The number of nitrogens with one attached hydrogen (secondary N) is 1. The Hall–Kier alpha value is -3.00. The van der Waals surface area contributed by atoms with E-state index in [0.29, 0.717) is 28.6 Å². The van der Waals surface area contributed by atoms with Gasteiger partial charge in [0, 0.05) is 31.3 Å². The third kappa shape index (κ3) is 3.50. The van der Waals surface area contributed by atoms with Crippen LogP contribution in [0.2, 0.25) is 0 Å². The average Bonchev–Trinajstić information content (AvgIpc) is 3.20. The molecule has 0 atom stereocenters. The molecule has 4 rings (SSSR count). The van der Waals surface area contributed by atoms with Crippen LogP contribution in [0.15, 0.2) is 65.1 Å². The summed E-state index contributed by atoms with van der Waals surface area (Å²) in [4.78, 5) is 33.1. The molecule has 1 aromatic carbocycles. The Labute approximate surface area is 153 Å². The summed E-state index contributed by atoms with van der Waals surface area (Å²) in [6, 6.07) is 10.1. The van der Waals surface area contributed by atoms with Crippen molar-refractivity contribution in [3.8, 4) is 0 Å². The largest absolute Gasteiger partial charge is 0.348 e. The second kappa shape index (κ2) is 7.49. The van der Waals surface area contributed by atoms with Gasteiger partial charge < -0.3 is 4.98 Å². The summed E-state index contributed by atoms with van der Waals surface area (Å²) in [7, 11) is 0. The van der Waals surface area contributed by atoms with Gasteiger partial charge in [-0.1, -0.05) is 42.1 Å². The van der Waals surface area contributed by atoms with Gasteiger partial charge in [-0.05, 0) is 12.0 Å². The minimum absolute atomic E-state index is 0.166. The highest BCUT2D eigenvalue weighted by atomic mass is 32.2. The fraction of sp³-hybridized carbons (Fsp3) is 0.167. The van der Waals surface area contributed by atoms with Gasteiger partial charge in [0.1, 0.15) is 5.82 Å². The first kappa shape index (κ1) is 16.5. The summed E-state index contributed by atoms with van der Waals surface area (Å²) in [5.74, 6) is 1.43. The number of aryl methyl sites for hydroxylation is 1. The lowest BCUT2D eigenvalue weighted by molar-refractivity contribution is 0.592. The van der Waals surface area contributed by atoms with Gasteiger partial charge in [-0.3, -0.25) is 9.36 Å². The molecule has 7 nitrogen and oxygen atoms in total. The normalized spacial score (nSPS) is 11.1. The first-order valence-corrected chi connectivity index (χ1v) is 9.16. The lowest BCUT2D eigenvalue weighted by atomic mass is 10.1.